The molecule has 0 spiro atoms. The molecule has 3 rings (SSSR count). The topological polar surface area (TPSA) is 32.3 Å². The molecular weight excluding hydrogens is 276 g/mol. The van der Waals surface area contributed by atoms with Gasteiger partial charge in [-0.3, -0.25) is 4.79 Å². The molecule has 2 aliphatic rings. The summed E-state index contributed by atoms with van der Waals surface area (Å²) < 4.78 is 0. The number of thioether (sulfide) groups is 1. The van der Waals surface area contributed by atoms with Crippen LogP contribution in [-0.2, 0) is 11.2 Å². The SMILES string of the molecule is CCC1c2ccsc2CCN1C(=O)C1CSCCN1. The lowest BCUT2D eigenvalue weighted by Crippen LogP contribution is -2.52. The van der Waals surface area contributed by atoms with Gasteiger partial charge in [0.25, 0.3) is 0 Å². The number of thiophene rings is 1. The molecule has 1 fully saturated rings. The number of carbonyl (C=O) groups is 1. The van der Waals surface area contributed by atoms with Crippen LogP contribution in [-0.4, -0.2) is 41.4 Å². The molecule has 3 nitrogen and oxygen atoms in total. The zero-order chi connectivity index (χ0) is 13.2. The second-order valence-electron chi connectivity index (χ2n) is 5.09. The number of rotatable bonds is 2. The first kappa shape index (κ1) is 13.5. The van der Waals surface area contributed by atoms with Crippen LogP contribution in [0.4, 0.5) is 0 Å². The molecule has 104 valence electrons. The van der Waals surface area contributed by atoms with Gasteiger partial charge in [0, 0.05) is 29.5 Å². The Morgan fingerprint density at radius 3 is 3.21 bits per heavy atom. The van der Waals surface area contributed by atoms with Gasteiger partial charge in [-0.1, -0.05) is 6.92 Å². The molecular formula is C14H20N2OS2. The van der Waals surface area contributed by atoms with Crippen molar-refractivity contribution in [1.29, 1.82) is 0 Å². The van der Waals surface area contributed by atoms with Gasteiger partial charge in [-0.2, -0.15) is 11.8 Å². The molecule has 2 aliphatic heterocycles. The van der Waals surface area contributed by atoms with E-state index in [0.29, 0.717) is 5.91 Å². The molecule has 1 saturated heterocycles. The summed E-state index contributed by atoms with van der Waals surface area (Å²) in [7, 11) is 0. The summed E-state index contributed by atoms with van der Waals surface area (Å²) in [4.78, 5) is 16.3. The Morgan fingerprint density at radius 1 is 1.58 bits per heavy atom. The fourth-order valence-electron chi connectivity index (χ4n) is 3.02. The zero-order valence-corrected chi connectivity index (χ0v) is 12.9. The van der Waals surface area contributed by atoms with E-state index in [4.69, 9.17) is 0 Å². The predicted octanol–water partition coefficient (Wildman–Crippen LogP) is 2.29. The highest BCUT2D eigenvalue weighted by Gasteiger charge is 2.34. The van der Waals surface area contributed by atoms with Crippen molar-refractivity contribution < 1.29 is 4.79 Å². The molecule has 0 aromatic carbocycles. The average Bonchev–Trinajstić information content (AvgIpc) is 2.94. The van der Waals surface area contributed by atoms with Gasteiger partial charge in [-0.15, -0.1) is 11.3 Å². The second kappa shape index (κ2) is 5.85. The quantitative estimate of drug-likeness (QED) is 0.909. The zero-order valence-electron chi connectivity index (χ0n) is 11.2. The van der Waals surface area contributed by atoms with Crippen LogP contribution in [0.5, 0.6) is 0 Å². The summed E-state index contributed by atoms with van der Waals surface area (Å²) in [6.45, 7) is 4.02. The molecule has 5 heteroatoms. The Kier molecular flexibility index (Phi) is 4.15. The summed E-state index contributed by atoms with van der Waals surface area (Å²) >= 11 is 3.72. The van der Waals surface area contributed by atoms with Crippen molar-refractivity contribution >= 4 is 29.0 Å². The van der Waals surface area contributed by atoms with Crippen molar-refractivity contribution in [3.63, 3.8) is 0 Å². The Balaban J connectivity index is 1.78. The van der Waals surface area contributed by atoms with Gasteiger partial charge in [0.15, 0.2) is 0 Å². The standard InChI is InChI=1S/C14H20N2OS2/c1-2-12-10-4-7-19-13(10)3-6-16(12)14(17)11-9-18-8-5-15-11/h4,7,11-12,15H,2-3,5-6,8-9H2,1H3. The van der Waals surface area contributed by atoms with E-state index in [1.165, 1.54) is 10.4 Å². The second-order valence-corrected chi connectivity index (χ2v) is 7.24. The fraction of sp³-hybridized carbons (Fsp3) is 0.643. The van der Waals surface area contributed by atoms with Crippen LogP contribution in [0, 0.1) is 0 Å². The highest BCUT2D eigenvalue weighted by molar-refractivity contribution is 7.99. The maximum absolute atomic E-state index is 12.7. The number of nitrogens with zero attached hydrogens (tertiary/aromatic N) is 1. The minimum absolute atomic E-state index is 0.0213. The Hall–Kier alpha value is -0.520. The van der Waals surface area contributed by atoms with Crippen LogP contribution < -0.4 is 5.32 Å². The highest BCUT2D eigenvalue weighted by Crippen LogP contribution is 2.35. The van der Waals surface area contributed by atoms with Crippen molar-refractivity contribution in [3.8, 4) is 0 Å². The van der Waals surface area contributed by atoms with Gasteiger partial charge in [-0.25, -0.2) is 0 Å². The first-order valence-electron chi connectivity index (χ1n) is 6.99. The van der Waals surface area contributed by atoms with E-state index in [1.807, 2.05) is 23.1 Å². The Labute approximate surface area is 122 Å². The van der Waals surface area contributed by atoms with Gasteiger partial charge in [-0.05, 0) is 29.9 Å². The van der Waals surface area contributed by atoms with Gasteiger partial charge in [0.1, 0.15) is 0 Å². The number of hydrogen-bond donors (Lipinski definition) is 1. The van der Waals surface area contributed by atoms with E-state index in [1.54, 1.807) is 0 Å². The van der Waals surface area contributed by atoms with E-state index in [2.05, 4.69) is 28.6 Å². The van der Waals surface area contributed by atoms with E-state index < -0.39 is 0 Å². The molecule has 0 radical (unpaired) electrons. The fourth-order valence-corrected chi connectivity index (χ4v) is 4.88. The minimum Gasteiger partial charge on any atom is -0.334 e. The lowest BCUT2D eigenvalue weighted by atomic mass is 9.97. The van der Waals surface area contributed by atoms with Crippen molar-refractivity contribution in [2.24, 2.45) is 0 Å². The van der Waals surface area contributed by atoms with Gasteiger partial charge in [0.05, 0.1) is 12.1 Å². The number of hydrogen-bond acceptors (Lipinski definition) is 4. The lowest BCUT2D eigenvalue weighted by molar-refractivity contribution is -0.136. The maximum Gasteiger partial charge on any atom is 0.241 e. The van der Waals surface area contributed by atoms with E-state index in [9.17, 15) is 4.79 Å². The van der Waals surface area contributed by atoms with Gasteiger partial charge in [0.2, 0.25) is 5.91 Å². The molecule has 3 heterocycles. The molecule has 1 aromatic rings. The van der Waals surface area contributed by atoms with Crippen molar-refractivity contribution in [2.45, 2.75) is 31.8 Å². The van der Waals surface area contributed by atoms with Crippen LogP contribution >= 0.6 is 23.1 Å². The normalized spacial score (nSPS) is 27.1. The third-order valence-corrected chi connectivity index (χ3v) is 6.04. The van der Waals surface area contributed by atoms with E-state index >= 15 is 0 Å². The number of carbonyl (C=O) groups excluding carboxylic acids is 1. The van der Waals surface area contributed by atoms with Gasteiger partial charge < -0.3 is 10.2 Å². The molecule has 0 aliphatic carbocycles. The molecule has 2 unspecified atom stereocenters. The van der Waals surface area contributed by atoms with Crippen LogP contribution in [0.25, 0.3) is 0 Å². The van der Waals surface area contributed by atoms with Crippen LogP contribution in [0.2, 0.25) is 0 Å². The van der Waals surface area contributed by atoms with E-state index in [0.717, 1.165) is 37.4 Å². The summed E-state index contributed by atoms with van der Waals surface area (Å²) in [6, 6.07) is 2.51. The molecule has 1 amide bonds. The lowest BCUT2D eigenvalue weighted by Gasteiger charge is -2.38. The van der Waals surface area contributed by atoms with Gasteiger partial charge >= 0.3 is 0 Å². The monoisotopic (exact) mass is 296 g/mol. The van der Waals surface area contributed by atoms with Crippen molar-refractivity contribution in [2.75, 3.05) is 24.6 Å². The van der Waals surface area contributed by atoms with Crippen LogP contribution in [0.1, 0.15) is 29.8 Å². The third-order valence-electron chi connectivity index (χ3n) is 3.98. The molecule has 1 aromatic heterocycles. The average molecular weight is 296 g/mol. The Morgan fingerprint density at radius 2 is 2.47 bits per heavy atom. The largest absolute Gasteiger partial charge is 0.334 e. The number of fused-ring (bicyclic) bond motifs is 1. The molecule has 19 heavy (non-hydrogen) atoms. The molecule has 2 atom stereocenters. The van der Waals surface area contributed by atoms with Crippen molar-refractivity contribution in [1.82, 2.24) is 10.2 Å². The summed E-state index contributed by atoms with van der Waals surface area (Å²) in [5.41, 5.74) is 1.38. The summed E-state index contributed by atoms with van der Waals surface area (Å²) in [5.74, 6) is 2.34. The molecule has 0 saturated carbocycles. The maximum atomic E-state index is 12.7. The molecule has 1 N–H and O–H groups in total. The summed E-state index contributed by atoms with van der Waals surface area (Å²) in [6.07, 6.45) is 2.03. The number of amides is 1. The molecule has 0 bridgehead atoms. The third kappa shape index (κ3) is 2.56. The van der Waals surface area contributed by atoms with E-state index in [-0.39, 0.29) is 12.1 Å². The minimum atomic E-state index is 0.0213. The van der Waals surface area contributed by atoms with Crippen molar-refractivity contribution in [3.05, 3.63) is 21.9 Å². The first-order valence-corrected chi connectivity index (χ1v) is 9.02. The number of nitrogens with one attached hydrogen (secondary N) is 1. The predicted molar refractivity (Wildman–Crippen MR) is 81.9 cm³/mol. The highest BCUT2D eigenvalue weighted by atomic mass is 32.2. The Bertz CT molecular complexity index is 454. The van der Waals surface area contributed by atoms with Crippen LogP contribution in [0.15, 0.2) is 11.4 Å². The summed E-state index contributed by atoms with van der Waals surface area (Å²) in [5, 5.41) is 5.53. The van der Waals surface area contributed by atoms with Crippen LogP contribution in [0.3, 0.4) is 0 Å². The first-order chi connectivity index (χ1) is 9.31. The smallest absolute Gasteiger partial charge is 0.241 e.